The lowest BCUT2D eigenvalue weighted by Crippen LogP contribution is -2.36. The number of pyridine rings is 1. The van der Waals surface area contributed by atoms with Crippen LogP contribution < -0.4 is 10.6 Å². The van der Waals surface area contributed by atoms with Crippen molar-refractivity contribution in [2.24, 2.45) is 0 Å². The third-order valence-corrected chi connectivity index (χ3v) is 5.28. The Labute approximate surface area is 156 Å². The molecule has 4 rings (SSSR count). The summed E-state index contributed by atoms with van der Waals surface area (Å²) in [5.41, 5.74) is 0.495. The number of alkyl halides is 3. The summed E-state index contributed by atoms with van der Waals surface area (Å²) in [4.78, 5) is 17.3. The van der Waals surface area contributed by atoms with Crippen LogP contribution in [-0.4, -0.2) is 26.8 Å². The number of aromatic nitrogens is 3. The molecule has 6 nitrogen and oxygen atoms in total. The summed E-state index contributed by atoms with van der Waals surface area (Å²) in [6.45, 7) is 0. The van der Waals surface area contributed by atoms with Crippen LogP contribution in [0.4, 0.5) is 24.7 Å². The highest BCUT2D eigenvalue weighted by atomic mass is 32.1. The molecular weight excluding hydrogens is 379 g/mol. The van der Waals surface area contributed by atoms with E-state index in [-0.39, 0.29) is 17.8 Å². The zero-order valence-corrected chi connectivity index (χ0v) is 14.6. The van der Waals surface area contributed by atoms with Crippen LogP contribution in [0.5, 0.6) is 0 Å². The maximum absolute atomic E-state index is 13.6. The standard InChI is InChI=1S/C17H14F3N5OS/c18-17(19,20)14-7-12(13-4-2-6-27-13)24-15-11(9-22-25(14)15)16(26)23-10-3-1-5-21-8-10/h1-6,8-9,12,14,24H,7H2,(H,23,26)/t12-,14+/m0/s1. The van der Waals surface area contributed by atoms with Crippen LogP contribution in [0.3, 0.4) is 0 Å². The highest BCUT2D eigenvalue weighted by Crippen LogP contribution is 2.45. The van der Waals surface area contributed by atoms with E-state index in [9.17, 15) is 18.0 Å². The SMILES string of the molecule is O=C(Nc1cccnc1)c1cnn2c1N[C@H](c1cccs1)C[C@@H]2C(F)(F)F. The van der Waals surface area contributed by atoms with Crippen LogP contribution in [0.15, 0.2) is 48.2 Å². The van der Waals surface area contributed by atoms with Gasteiger partial charge in [0.2, 0.25) is 0 Å². The van der Waals surface area contributed by atoms with Gasteiger partial charge in [0.1, 0.15) is 11.4 Å². The largest absolute Gasteiger partial charge is 0.410 e. The third-order valence-electron chi connectivity index (χ3n) is 4.29. The van der Waals surface area contributed by atoms with E-state index < -0.39 is 24.2 Å². The number of nitrogens with zero attached hydrogens (tertiary/aromatic N) is 3. The molecule has 3 aromatic heterocycles. The van der Waals surface area contributed by atoms with Crippen molar-refractivity contribution in [3.8, 4) is 0 Å². The number of carbonyl (C=O) groups is 1. The van der Waals surface area contributed by atoms with E-state index in [0.29, 0.717) is 5.69 Å². The summed E-state index contributed by atoms with van der Waals surface area (Å²) < 4.78 is 41.6. The Balaban J connectivity index is 1.69. The molecule has 0 saturated carbocycles. The van der Waals surface area contributed by atoms with Gasteiger partial charge < -0.3 is 10.6 Å². The van der Waals surface area contributed by atoms with Gasteiger partial charge in [-0.3, -0.25) is 9.78 Å². The Bertz CT molecular complexity index is 939. The summed E-state index contributed by atoms with van der Waals surface area (Å²) in [6.07, 6.45) is -0.506. The van der Waals surface area contributed by atoms with E-state index in [1.165, 1.54) is 17.5 Å². The van der Waals surface area contributed by atoms with Gasteiger partial charge in [0.15, 0.2) is 6.04 Å². The van der Waals surface area contributed by atoms with E-state index >= 15 is 0 Å². The molecule has 140 valence electrons. The fourth-order valence-corrected chi connectivity index (χ4v) is 3.83. The molecule has 1 aliphatic rings. The fraction of sp³-hybridized carbons (Fsp3) is 0.235. The number of halogens is 3. The number of rotatable bonds is 3. The first-order chi connectivity index (χ1) is 12.9. The number of hydrogen-bond acceptors (Lipinski definition) is 5. The smallest absolute Gasteiger partial charge is 0.362 e. The Hall–Kier alpha value is -2.88. The number of nitrogens with one attached hydrogen (secondary N) is 2. The predicted octanol–water partition coefficient (Wildman–Crippen LogP) is 4.25. The number of hydrogen-bond donors (Lipinski definition) is 2. The molecule has 10 heteroatoms. The van der Waals surface area contributed by atoms with E-state index in [1.54, 1.807) is 30.5 Å². The highest BCUT2D eigenvalue weighted by molar-refractivity contribution is 7.10. The lowest BCUT2D eigenvalue weighted by Gasteiger charge is -2.33. The third kappa shape index (κ3) is 3.39. The molecule has 0 aliphatic carbocycles. The van der Waals surface area contributed by atoms with E-state index in [4.69, 9.17) is 0 Å². The van der Waals surface area contributed by atoms with Crippen molar-refractivity contribution in [3.63, 3.8) is 0 Å². The lowest BCUT2D eigenvalue weighted by molar-refractivity contribution is -0.173. The van der Waals surface area contributed by atoms with E-state index in [1.807, 2.05) is 5.38 Å². The molecule has 0 aromatic carbocycles. The van der Waals surface area contributed by atoms with E-state index in [0.717, 1.165) is 15.8 Å². The molecule has 2 N–H and O–H groups in total. The number of carbonyl (C=O) groups excluding carboxylic acids is 1. The minimum absolute atomic E-state index is 0.0503. The molecule has 0 bridgehead atoms. The number of fused-ring (bicyclic) bond motifs is 1. The van der Waals surface area contributed by atoms with Gasteiger partial charge in [0, 0.05) is 17.5 Å². The Kier molecular flexibility index (Phi) is 4.34. The molecule has 4 heterocycles. The van der Waals surface area contributed by atoms with Gasteiger partial charge in [-0.25, -0.2) is 4.68 Å². The van der Waals surface area contributed by atoms with Crippen LogP contribution in [0.25, 0.3) is 0 Å². The van der Waals surface area contributed by atoms with Gasteiger partial charge in [0.05, 0.1) is 24.1 Å². The van der Waals surface area contributed by atoms with Crippen molar-refractivity contribution in [2.75, 3.05) is 10.6 Å². The summed E-state index contributed by atoms with van der Waals surface area (Å²) >= 11 is 1.37. The molecule has 0 unspecified atom stereocenters. The molecule has 27 heavy (non-hydrogen) atoms. The summed E-state index contributed by atoms with van der Waals surface area (Å²) in [5.74, 6) is -0.493. The Morgan fingerprint density at radius 3 is 2.81 bits per heavy atom. The van der Waals surface area contributed by atoms with Gasteiger partial charge in [-0.05, 0) is 23.6 Å². The second-order valence-corrected chi connectivity index (χ2v) is 7.03. The minimum Gasteiger partial charge on any atom is -0.362 e. The number of thiophene rings is 1. The summed E-state index contributed by atoms with van der Waals surface area (Å²) in [7, 11) is 0. The zero-order chi connectivity index (χ0) is 19.0. The van der Waals surface area contributed by atoms with Crippen molar-refractivity contribution in [1.82, 2.24) is 14.8 Å². The van der Waals surface area contributed by atoms with Crippen LogP contribution >= 0.6 is 11.3 Å². The maximum Gasteiger partial charge on any atom is 0.410 e. The topological polar surface area (TPSA) is 71.8 Å². The normalized spacial score (nSPS) is 19.2. The molecule has 1 amide bonds. The van der Waals surface area contributed by atoms with Crippen LogP contribution in [0.1, 0.15) is 33.7 Å². The minimum atomic E-state index is -4.48. The molecule has 0 saturated heterocycles. The summed E-state index contributed by atoms with van der Waals surface area (Å²) in [6, 6.07) is 4.49. The second kappa shape index (κ2) is 6.69. The molecule has 0 spiro atoms. The number of amides is 1. The number of anilines is 2. The Morgan fingerprint density at radius 1 is 1.30 bits per heavy atom. The molecule has 2 atom stereocenters. The first kappa shape index (κ1) is 17.5. The van der Waals surface area contributed by atoms with E-state index in [2.05, 4.69) is 20.7 Å². The molecule has 3 aromatic rings. The average molecular weight is 393 g/mol. The summed E-state index contributed by atoms with van der Waals surface area (Å²) in [5, 5.41) is 11.3. The lowest BCUT2D eigenvalue weighted by atomic mass is 10.0. The van der Waals surface area contributed by atoms with Crippen LogP contribution in [0.2, 0.25) is 0 Å². The van der Waals surface area contributed by atoms with Gasteiger partial charge in [-0.2, -0.15) is 18.3 Å². The molecular formula is C17H14F3N5OS. The van der Waals surface area contributed by atoms with Gasteiger partial charge in [-0.1, -0.05) is 6.07 Å². The fourth-order valence-electron chi connectivity index (χ4n) is 3.04. The quantitative estimate of drug-likeness (QED) is 0.698. The predicted molar refractivity (Wildman–Crippen MR) is 94.8 cm³/mol. The first-order valence-corrected chi connectivity index (χ1v) is 8.97. The van der Waals surface area contributed by atoms with Gasteiger partial charge in [0.25, 0.3) is 5.91 Å². The van der Waals surface area contributed by atoms with Gasteiger partial charge in [-0.15, -0.1) is 11.3 Å². The highest BCUT2D eigenvalue weighted by Gasteiger charge is 2.47. The molecule has 0 fully saturated rings. The maximum atomic E-state index is 13.6. The van der Waals surface area contributed by atoms with Crippen LogP contribution in [0, 0.1) is 0 Å². The van der Waals surface area contributed by atoms with Gasteiger partial charge >= 0.3 is 6.18 Å². The molecule has 0 radical (unpaired) electrons. The van der Waals surface area contributed by atoms with Crippen molar-refractivity contribution in [3.05, 3.63) is 58.7 Å². The Morgan fingerprint density at radius 2 is 2.15 bits per heavy atom. The van der Waals surface area contributed by atoms with Crippen molar-refractivity contribution in [2.45, 2.75) is 24.7 Å². The average Bonchev–Trinajstić information content (AvgIpc) is 3.30. The van der Waals surface area contributed by atoms with Crippen molar-refractivity contribution < 1.29 is 18.0 Å². The molecule has 1 aliphatic heterocycles. The van der Waals surface area contributed by atoms with Crippen molar-refractivity contribution >= 4 is 28.7 Å². The monoisotopic (exact) mass is 393 g/mol. The zero-order valence-electron chi connectivity index (χ0n) is 13.8. The second-order valence-electron chi connectivity index (χ2n) is 6.05. The van der Waals surface area contributed by atoms with Crippen LogP contribution in [-0.2, 0) is 0 Å². The van der Waals surface area contributed by atoms with Crippen molar-refractivity contribution in [1.29, 1.82) is 0 Å². The first-order valence-electron chi connectivity index (χ1n) is 8.09.